The number of hydrogen-bond acceptors (Lipinski definition) is 5. The summed E-state index contributed by atoms with van der Waals surface area (Å²) in [6, 6.07) is 7.06. The van der Waals surface area contributed by atoms with Crippen LogP contribution in [0, 0.1) is 0 Å². The number of benzene rings is 1. The van der Waals surface area contributed by atoms with Gasteiger partial charge >= 0.3 is 6.18 Å². The van der Waals surface area contributed by atoms with Gasteiger partial charge in [0.15, 0.2) is 6.29 Å². The molecule has 0 N–H and O–H groups in total. The van der Waals surface area contributed by atoms with E-state index < -0.39 is 12.6 Å². The molecule has 0 spiro atoms. The van der Waals surface area contributed by atoms with Crippen LogP contribution in [0.1, 0.15) is 18.4 Å². The molecule has 1 fully saturated rings. The van der Waals surface area contributed by atoms with Gasteiger partial charge in [-0.2, -0.15) is 13.2 Å². The Morgan fingerprint density at radius 3 is 2.78 bits per heavy atom. The first-order valence-corrected chi connectivity index (χ1v) is 7.21. The summed E-state index contributed by atoms with van der Waals surface area (Å²) in [7, 11) is 0. The summed E-state index contributed by atoms with van der Waals surface area (Å²) in [5.41, 5.74) is 0.714. The quantitative estimate of drug-likeness (QED) is 0.417. The average Bonchev–Trinajstić information content (AvgIpc) is 3.01. The average molecular weight is 333 g/mol. The minimum Gasteiger partial charge on any atom is -0.488 e. The number of halogens is 3. The lowest BCUT2D eigenvalue weighted by Crippen LogP contribution is -2.18. The van der Waals surface area contributed by atoms with Gasteiger partial charge in [-0.05, 0) is 24.1 Å². The monoisotopic (exact) mass is 333 g/mol. The minimum absolute atomic E-state index is 0.0808. The fourth-order valence-electron chi connectivity index (χ4n) is 1.84. The van der Waals surface area contributed by atoms with Crippen LogP contribution in [-0.4, -0.2) is 45.1 Å². The van der Waals surface area contributed by atoms with E-state index in [1.54, 1.807) is 24.3 Å². The number of ether oxygens (including phenoxy) is 3. The van der Waals surface area contributed by atoms with Crippen molar-refractivity contribution in [2.24, 2.45) is 5.16 Å². The maximum atomic E-state index is 11.9. The van der Waals surface area contributed by atoms with Crippen LogP contribution in [0.15, 0.2) is 29.4 Å². The summed E-state index contributed by atoms with van der Waals surface area (Å²) in [6.07, 6.45) is -4.10. The molecule has 1 saturated heterocycles. The molecular weight excluding hydrogens is 315 g/mol. The van der Waals surface area contributed by atoms with Gasteiger partial charge < -0.3 is 19.0 Å². The van der Waals surface area contributed by atoms with Crippen LogP contribution in [-0.2, 0) is 14.3 Å². The molecule has 1 heterocycles. The smallest absolute Gasteiger partial charge is 0.389 e. The number of nitrogens with zero attached hydrogens (tertiary/aromatic N) is 1. The highest BCUT2D eigenvalue weighted by atomic mass is 19.4. The van der Waals surface area contributed by atoms with E-state index in [0.29, 0.717) is 24.5 Å². The van der Waals surface area contributed by atoms with Gasteiger partial charge in [0.05, 0.1) is 19.4 Å². The third-order valence-electron chi connectivity index (χ3n) is 2.91. The SMILES string of the molecule is FC(F)(F)CCCON=Cc1cccc(OCC2OCCO2)c1. The lowest BCUT2D eigenvalue weighted by molar-refractivity contribution is -0.137. The first kappa shape index (κ1) is 17.6. The van der Waals surface area contributed by atoms with Gasteiger partial charge in [0, 0.05) is 6.42 Å². The second-order valence-electron chi connectivity index (χ2n) is 4.84. The molecule has 0 bridgehead atoms. The summed E-state index contributed by atoms with van der Waals surface area (Å²) in [4.78, 5) is 4.80. The summed E-state index contributed by atoms with van der Waals surface area (Å²) in [6.45, 7) is 1.33. The molecule has 0 atom stereocenters. The van der Waals surface area contributed by atoms with Crippen LogP contribution < -0.4 is 4.74 Å². The molecule has 0 amide bonds. The molecule has 1 aliphatic rings. The molecule has 128 valence electrons. The molecule has 1 aromatic rings. The second kappa shape index (κ2) is 8.73. The lowest BCUT2D eigenvalue weighted by atomic mass is 10.2. The van der Waals surface area contributed by atoms with Crippen molar-refractivity contribution in [3.05, 3.63) is 29.8 Å². The van der Waals surface area contributed by atoms with Crippen molar-refractivity contribution in [1.29, 1.82) is 0 Å². The molecular formula is C15H18F3NO4. The Hall–Kier alpha value is -1.80. The van der Waals surface area contributed by atoms with Crippen LogP contribution in [0.5, 0.6) is 5.75 Å². The van der Waals surface area contributed by atoms with E-state index in [4.69, 9.17) is 19.0 Å². The predicted octanol–water partition coefficient (Wildman–Crippen LogP) is 3.13. The highest BCUT2D eigenvalue weighted by Gasteiger charge is 2.26. The van der Waals surface area contributed by atoms with E-state index in [1.165, 1.54) is 6.21 Å². The molecule has 8 heteroatoms. The van der Waals surface area contributed by atoms with Crippen molar-refractivity contribution in [1.82, 2.24) is 0 Å². The van der Waals surface area contributed by atoms with Gasteiger partial charge in [-0.3, -0.25) is 0 Å². The summed E-state index contributed by atoms with van der Waals surface area (Å²) < 4.78 is 51.8. The fourth-order valence-corrected chi connectivity index (χ4v) is 1.84. The van der Waals surface area contributed by atoms with Crippen LogP contribution in [0.3, 0.4) is 0 Å². The Kier molecular flexibility index (Phi) is 6.66. The normalized spacial score (nSPS) is 16.1. The van der Waals surface area contributed by atoms with Crippen LogP contribution in [0.2, 0.25) is 0 Å². The number of alkyl halides is 3. The highest BCUT2D eigenvalue weighted by molar-refractivity contribution is 5.79. The Labute approximate surface area is 132 Å². The van der Waals surface area contributed by atoms with E-state index in [1.807, 2.05) is 0 Å². The van der Waals surface area contributed by atoms with Crippen molar-refractivity contribution in [2.75, 3.05) is 26.4 Å². The van der Waals surface area contributed by atoms with Crippen molar-refractivity contribution < 1.29 is 32.2 Å². The molecule has 0 aliphatic carbocycles. The molecule has 0 aromatic heterocycles. The van der Waals surface area contributed by atoms with Crippen molar-refractivity contribution >= 4 is 6.21 Å². The van der Waals surface area contributed by atoms with Gasteiger partial charge in [-0.1, -0.05) is 17.3 Å². The lowest BCUT2D eigenvalue weighted by Gasteiger charge is -2.11. The maximum absolute atomic E-state index is 11.9. The zero-order valence-electron chi connectivity index (χ0n) is 12.4. The van der Waals surface area contributed by atoms with Crippen LogP contribution in [0.25, 0.3) is 0 Å². The summed E-state index contributed by atoms with van der Waals surface area (Å²) in [5.74, 6) is 0.616. The minimum atomic E-state index is -4.16. The number of rotatable bonds is 8. The molecule has 0 saturated carbocycles. The van der Waals surface area contributed by atoms with E-state index >= 15 is 0 Å². The van der Waals surface area contributed by atoms with Gasteiger partial charge in [0.25, 0.3) is 0 Å². The Morgan fingerprint density at radius 1 is 1.26 bits per heavy atom. The Bertz CT molecular complexity index is 502. The Balaban J connectivity index is 1.70. The Morgan fingerprint density at radius 2 is 2.04 bits per heavy atom. The van der Waals surface area contributed by atoms with Crippen molar-refractivity contribution in [3.63, 3.8) is 0 Å². The first-order chi connectivity index (χ1) is 11.0. The van der Waals surface area contributed by atoms with Crippen molar-refractivity contribution in [2.45, 2.75) is 25.3 Å². The van der Waals surface area contributed by atoms with Crippen LogP contribution >= 0.6 is 0 Å². The molecule has 5 nitrogen and oxygen atoms in total. The van der Waals surface area contributed by atoms with Crippen LogP contribution in [0.4, 0.5) is 13.2 Å². The molecule has 2 rings (SSSR count). The first-order valence-electron chi connectivity index (χ1n) is 7.21. The topological polar surface area (TPSA) is 49.3 Å². The fraction of sp³-hybridized carbons (Fsp3) is 0.533. The summed E-state index contributed by atoms with van der Waals surface area (Å²) >= 11 is 0. The molecule has 0 unspecified atom stereocenters. The van der Waals surface area contributed by atoms with E-state index in [-0.39, 0.29) is 25.9 Å². The van der Waals surface area contributed by atoms with Gasteiger partial charge in [0.1, 0.15) is 19.0 Å². The van der Waals surface area contributed by atoms with E-state index in [2.05, 4.69) is 5.16 Å². The van der Waals surface area contributed by atoms with E-state index in [0.717, 1.165) is 0 Å². The molecule has 1 aromatic carbocycles. The standard InChI is InChI=1S/C15H18F3NO4/c16-15(17,18)5-2-6-23-19-10-12-3-1-4-13(9-12)22-11-14-20-7-8-21-14/h1,3-4,9-10,14H,2,5-8,11H2. The summed E-state index contributed by atoms with van der Waals surface area (Å²) in [5, 5.41) is 3.64. The number of hydrogen-bond donors (Lipinski definition) is 0. The zero-order valence-corrected chi connectivity index (χ0v) is 12.4. The molecule has 23 heavy (non-hydrogen) atoms. The van der Waals surface area contributed by atoms with Gasteiger partial charge in [-0.15, -0.1) is 0 Å². The van der Waals surface area contributed by atoms with Crippen molar-refractivity contribution in [3.8, 4) is 5.75 Å². The highest BCUT2D eigenvalue weighted by Crippen LogP contribution is 2.21. The third-order valence-corrected chi connectivity index (χ3v) is 2.91. The maximum Gasteiger partial charge on any atom is 0.389 e. The van der Waals surface area contributed by atoms with Gasteiger partial charge in [0.2, 0.25) is 0 Å². The predicted molar refractivity (Wildman–Crippen MR) is 76.5 cm³/mol. The third kappa shape index (κ3) is 7.34. The largest absolute Gasteiger partial charge is 0.488 e. The number of oxime groups is 1. The zero-order chi connectivity index (χ0) is 16.5. The van der Waals surface area contributed by atoms with Gasteiger partial charge in [-0.25, -0.2) is 0 Å². The second-order valence-corrected chi connectivity index (χ2v) is 4.84. The molecule has 0 radical (unpaired) electrons. The van der Waals surface area contributed by atoms with E-state index in [9.17, 15) is 13.2 Å². The molecule has 1 aliphatic heterocycles.